The molecule has 1 atom stereocenters. The zero-order chi connectivity index (χ0) is 19.6. The Labute approximate surface area is 155 Å². The molecule has 1 amide bonds. The van der Waals surface area contributed by atoms with E-state index >= 15 is 0 Å². The largest absolute Gasteiger partial charge is 0.404 e. The van der Waals surface area contributed by atoms with E-state index in [4.69, 9.17) is 5.73 Å². The average molecular weight is 371 g/mol. The van der Waals surface area contributed by atoms with Crippen molar-refractivity contribution in [2.75, 3.05) is 18.6 Å². The van der Waals surface area contributed by atoms with Crippen LogP contribution in [0.15, 0.2) is 53.7 Å². The number of para-hydroxylation sites is 1. The van der Waals surface area contributed by atoms with Gasteiger partial charge < -0.3 is 15.7 Å². The summed E-state index contributed by atoms with van der Waals surface area (Å²) in [5.74, 6) is -1.35. The van der Waals surface area contributed by atoms with E-state index in [2.05, 4.69) is 4.99 Å². The highest BCUT2D eigenvalue weighted by Gasteiger charge is 2.49. The molecular weight excluding hydrogens is 352 g/mol. The molecule has 1 unspecified atom stereocenters. The van der Waals surface area contributed by atoms with Crippen LogP contribution in [-0.4, -0.2) is 31.0 Å². The fourth-order valence-corrected chi connectivity index (χ4v) is 3.17. The van der Waals surface area contributed by atoms with Crippen molar-refractivity contribution in [2.45, 2.75) is 12.1 Å². The number of aliphatic imine (C=N–C) groups is 1. The number of amides is 1. The lowest BCUT2D eigenvalue weighted by Gasteiger charge is -2.21. The molecule has 1 heterocycles. The lowest BCUT2D eigenvalue weighted by Crippen LogP contribution is -2.41. The lowest BCUT2D eigenvalue weighted by molar-refractivity contribution is -0.137. The normalized spacial score (nSPS) is 19.8. The van der Waals surface area contributed by atoms with Gasteiger partial charge in [-0.05, 0) is 17.7 Å². The van der Waals surface area contributed by atoms with Crippen LogP contribution in [0.25, 0.3) is 5.57 Å². The number of nitrogens with zero attached hydrogens (tertiary/aromatic N) is 2. The molecule has 3 N–H and O–H groups in total. The molecule has 0 spiro atoms. The Morgan fingerprint density at radius 2 is 2.07 bits per heavy atom. The molecule has 0 radical (unpaired) electrons. The van der Waals surface area contributed by atoms with E-state index < -0.39 is 24.0 Å². The summed E-state index contributed by atoms with van der Waals surface area (Å²) in [5.41, 5.74) is 5.17. The van der Waals surface area contributed by atoms with Gasteiger partial charge in [0.05, 0.1) is 12.2 Å². The number of halogens is 2. The van der Waals surface area contributed by atoms with E-state index in [9.17, 15) is 18.7 Å². The molecule has 7 heteroatoms. The summed E-state index contributed by atoms with van der Waals surface area (Å²) in [4.78, 5) is 17.7. The number of benzene rings is 2. The maximum atomic E-state index is 14.6. The van der Waals surface area contributed by atoms with Crippen molar-refractivity contribution in [2.24, 2.45) is 10.7 Å². The SMILES string of the molecule is CN=C/C(=C\N)c1ccc(CN2C(=O)C(O)(CF)c3ccccc32)c(F)c1. The smallest absolute Gasteiger partial charge is 0.266 e. The van der Waals surface area contributed by atoms with Gasteiger partial charge in [-0.2, -0.15) is 0 Å². The quantitative estimate of drug-likeness (QED) is 0.793. The van der Waals surface area contributed by atoms with Crippen LogP contribution < -0.4 is 10.6 Å². The molecule has 0 fully saturated rings. The lowest BCUT2D eigenvalue weighted by atomic mass is 9.97. The van der Waals surface area contributed by atoms with Crippen LogP contribution in [0.3, 0.4) is 0 Å². The fraction of sp³-hybridized carbons (Fsp3) is 0.200. The van der Waals surface area contributed by atoms with Crippen molar-refractivity contribution < 1.29 is 18.7 Å². The molecule has 2 aromatic carbocycles. The van der Waals surface area contributed by atoms with E-state index in [1.807, 2.05) is 0 Å². The number of carbonyl (C=O) groups excluding carboxylic acids is 1. The molecule has 0 saturated carbocycles. The summed E-state index contributed by atoms with van der Waals surface area (Å²) in [5, 5.41) is 10.5. The van der Waals surface area contributed by atoms with Gasteiger partial charge >= 0.3 is 0 Å². The molecule has 2 aromatic rings. The molecule has 0 saturated heterocycles. The van der Waals surface area contributed by atoms with Gasteiger partial charge in [-0.1, -0.05) is 30.3 Å². The van der Waals surface area contributed by atoms with E-state index in [0.29, 0.717) is 16.8 Å². The summed E-state index contributed by atoms with van der Waals surface area (Å²) in [6.45, 7) is -1.38. The number of carbonyl (C=O) groups is 1. The summed E-state index contributed by atoms with van der Waals surface area (Å²) < 4.78 is 28.1. The van der Waals surface area contributed by atoms with Crippen molar-refractivity contribution in [1.82, 2.24) is 0 Å². The van der Waals surface area contributed by atoms with Crippen LogP contribution in [-0.2, 0) is 16.9 Å². The van der Waals surface area contributed by atoms with Gasteiger partial charge in [0.15, 0.2) is 5.60 Å². The standard InChI is InChI=1S/C20H19F2N3O2/c1-24-10-15(9-23)13-6-7-14(17(22)8-13)11-25-18-5-3-2-4-16(18)20(27,12-21)19(25)26/h2-10,27H,11-12,23H2,1H3/b15-9+,24-10?. The minimum Gasteiger partial charge on any atom is -0.404 e. The number of allylic oxidation sites excluding steroid dienone is 1. The zero-order valence-electron chi connectivity index (χ0n) is 14.7. The fourth-order valence-electron chi connectivity index (χ4n) is 3.17. The van der Waals surface area contributed by atoms with Crippen LogP contribution in [0.2, 0.25) is 0 Å². The van der Waals surface area contributed by atoms with Gasteiger partial charge in [-0.3, -0.25) is 9.79 Å². The predicted molar refractivity (Wildman–Crippen MR) is 100 cm³/mol. The van der Waals surface area contributed by atoms with Crippen molar-refractivity contribution in [3.05, 3.63) is 71.2 Å². The third kappa shape index (κ3) is 3.10. The van der Waals surface area contributed by atoms with Crippen LogP contribution in [0.1, 0.15) is 16.7 Å². The number of aliphatic hydroxyl groups is 1. The third-order valence-electron chi connectivity index (χ3n) is 4.60. The molecule has 1 aliphatic rings. The van der Waals surface area contributed by atoms with E-state index in [0.717, 1.165) is 0 Å². The van der Waals surface area contributed by atoms with Gasteiger partial charge in [0.2, 0.25) is 0 Å². The monoisotopic (exact) mass is 371 g/mol. The summed E-state index contributed by atoms with van der Waals surface area (Å²) in [7, 11) is 1.58. The molecule has 5 nitrogen and oxygen atoms in total. The van der Waals surface area contributed by atoms with Crippen molar-refractivity contribution in [3.63, 3.8) is 0 Å². The predicted octanol–water partition coefficient (Wildman–Crippen LogP) is 2.53. The van der Waals surface area contributed by atoms with Crippen LogP contribution in [0.4, 0.5) is 14.5 Å². The van der Waals surface area contributed by atoms with Gasteiger partial charge in [-0.15, -0.1) is 0 Å². The second-order valence-corrected chi connectivity index (χ2v) is 6.22. The maximum Gasteiger partial charge on any atom is 0.266 e. The first-order chi connectivity index (χ1) is 13.0. The number of rotatable bonds is 5. The van der Waals surface area contributed by atoms with E-state index in [-0.39, 0.29) is 17.7 Å². The summed E-state index contributed by atoms with van der Waals surface area (Å²) in [6, 6.07) is 10.9. The number of hydrogen-bond donors (Lipinski definition) is 2. The minimum atomic E-state index is -2.24. The van der Waals surface area contributed by atoms with Gasteiger partial charge in [0.1, 0.15) is 12.5 Å². The molecule has 3 rings (SSSR count). The second kappa shape index (κ2) is 7.28. The summed E-state index contributed by atoms with van der Waals surface area (Å²) in [6.07, 6.45) is 2.83. The number of hydrogen-bond acceptors (Lipinski definition) is 4. The van der Waals surface area contributed by atoms with Crippen LogP contribution in [0.5, 0.6) is 0 Å². The zero-order valence-corrected chi connectivity index (χ0v) is 14.7. The Morgan fingerprint density at radius 3 is 2.70 bits per heavy atom. The van der Waals surface area contributed by atoms with E-state index in [1.54, 1.807) is 31.3 Å². The average Bonchev–Trinajstić information content (AvgIpc) is 2.90. The molecule has 0 bridgehead atoms. The van der Waals surface area contributed by atoms with Gasteiger partial charge in [0.25, 0.3) is 5.91 Å². The molecule has 0 aromatic heterocycles. The van der Waals surface area contributed by atoms with Gasteiger partial charge in [0, 0.05) is 36.2 Å². The number of alkyl halides is 1. The molecule has 1 aliphatic heterocycles. The first kappa shape index (κ1) is 18.7. The van der Waals surface area contributed by atoms with Crippen LogP contribution >= 0.6 is 0 Å². The Balaban J connectivity index is 1.95. The summed E-state index contributed by atoms with van der Waals surface area (Å²) >= 11 is 0. The van der Waals surface area contributed by atoms with Crippen LogP contribution in [0, 0.1) is 5.82 Å². The highest BCUT2D eigenvalue weighted by atomic mass is 19.1. The molecular formula is C20H19F2N3O2. The van der Waals surface area contributed by atoms with Crippen molar-refractivity contribution >= 4 is 23.4 Å². The Kier molecular flexibility index (Phi) is 5.05. The first-order valence-electron chi connectivity index (χ1n) is 8.29. The minimum absolute atomic E-state index is 0.131. The highest BCUT2D eigenvalue weighted by molar-refractivity contribution is 6.09. The molecule has 140 valence electrons. The van der Waals surface area contributed by atoms with Crippen molar-refractivity contribution in [1.29, 1.82) is 0 Å². The van der Waals surface area contributed by atoms with Crippen molar-refractivity contribution in [3.8, 4) is 0 Å². The Bertz CT molecular complexity index is 943. The Hall–Kier alpha value is -3.06. The Morgan fingerprint density at radius 1 is 1.33 bits per heavy atom. The number of nitrogens with two attached hydrogens (primary N) is 1. The molecule has 27 heavy (non-hydrogen) atoms. The maximum absolute atomic E-state index is 14.6. The first-order valence-corrected chi connectivity index (χ1v) is 8.29. The second-order valence-electron chi connectivity index (χ2n) is 6.22. The number of fused-ring (bicyclic) bond motifs is 1. The van der Waals surface area contributed by atoms with Gasteiger partial charge in [-0.25, -0.2) is 8.78 Å². The third-order valence-corrected chi connectivity index (χ3v) is 4.60. The van der Waals surface area contributed by atoms with E-state index in [1.165, 1.54) is 35.5 Å². The topological polar surface area (TPSA) is 78.9 Å². The highest BCUT2D eigenvalue weighted by Crippen LogP contribution is 2.41. The molecule has 0 aliphatic carbocycles. The number of anilines is 1.